The van der Waals surface area contributed by atoms with Crippen molar-refractivity contribution in [3.05, 3.63) is 17.2 Å². The van der Waals surface area contributed by atoms with Crippen LogP contribution in [-0.2, 0) is 4.74 Å². The summed E-state index contributed by atoms with van der Waals surface area (Å²) in [5, 5.41) is 0.227. The fourth-order valence-electron chi connectivity index (χ4n) is 5.39. The number of nitrogens with zero attached hydrogens (tertiary/aromatic N) is 6. The Morgan fingerprint density at radius 3 is 2.46 bits per heavy atom. The van der Waals surface area contributed by atoms with E-state index in [0.29, 0.717) is 44.0 Å². The molecule has 2 aromatic heterocycles. The lowest BCUT2D eigenvalue weighted by Gasteiger charge is -2.36. The Morgan fingerprint density at radius 2 is 1.80 bits per heavy atom. The maximum absolute atomic E-state index is 15.0. The number of amides is 1. The number of carbonyl (C=O) groups excluding carboxylic acids is 1. The highest BCUT2D eigenvalue weighted by atomic mass is 35.5. The van der Waals surface area contributed by atoms with Crippen molar-refractivity contribution in [3.8, 4) is 6.01 Å². The maximum atomic E-state index is 15.0. The molecule has 5 rings (SSSR count). The summed E-state index contributed by atoms with van der Waals surface area (Å²) in [4.78, 5) is 31.7. The lowest BCUT2D eigenvalue weighted by molar-refractivity contribution is 0.0240. The lowest BCUT2D eigenvalue weighted by Crippen LogP contribution is -2.50. The van der Waals surface area contributed by atoms with Crippen LogP contribution in [0.4, 0.5) is 15.0 Å². The van der Waals surface area contributed by atoms with Crippen LogP contribution in [0.25, 0.3) is 10.9 Å². The summed E-state index contributed by atoms with van der Waals surface area (Å²) in [5.74, 6) is -0.157. The Labute approximate surface area is 209 Å². The smallest absolute Gasteiger partial charge is 0.410 e. The molecule has 0 spiro atoms. The van der Waals surface area contributed by atoms with Gasteiger partial charge >= 0.3 is 12.1 Å². The Balaban J connectivity index is 1.38. The molecule has 1 amide bonds. The van der Waals surface area contributed by atoms with E-state index in [-0.39, 0.29) is 28.3 Å². The molecule has 0 aromatic carbocycles. The van der Waals surface area contributed by atoms with Crippen molar-refractivity contribution in [2.24, 2.45) is 0 Å². The highest BCUT2D eigenvalue weighted by Gasteiger charge is 2.45. The average Bonchev–Trinajstić information content (AvgIpc) is 3.39. The van der Waals surface area contributed by atoms with Crippen LogP contribution in [0.1, 0.15) is 46.5 Å². The molecule has 0 bridgehead atoms. The number of hydrogen-bond donors (Lipinski definition) is 0. The number of fused-ring (bicyclic) bond motifs is 2. The second kappa shape index (κ2) is 9.20. The highest BCUT2D eigenvalue weighted by molar-refractivity contribution is 6.30. The van der Waals surface area contributed by atoms with Crippen LogP contribution < -0.4 is 9.64 Å². The van der Waals surface area contributed by atoms with Crippen molar-refractivity contribution in [1.29, 1.82) is 0 Å². The van der Waals surface area contributed by atoms with Gasteiger partial charge in [-0.1, -0.05) is 11.6 Å². The molecule has 3 saturated heterocycles. The zero-order valence-corrected chi connectivity index (χ0v) is 21.3. The van der Waals surface area contributed by atoms with Gasteiger partial charge in [0.25, 0.3) is 0 Å². The fraction of sp³-hybridized carbons (Fsp3) is 0.667. The molecule has 2 aromatic rings. The van der Waals surface area contributed by atoms with Crippen LogP contribution in [0.3, 0.4) is 0 Å². The van der Waals surface area contributed by atoms with E-state index in [1.807, 2.05) is 25.7 Å². The summed E-state index contributed by atoms with van der Waals surface area (Å²) in [6, 6.07) is 0.136. The predicted octanol–water partition coefficient (Wildman–Crippen LogP) is 3.88. The van der Waals surface area contributed by atoms with E-state index >= 15 is 0 Å². The maximum Gasteiger partial charge on any atom is 0.410 e. The molecule has 5 heterocycles. The van der Waals surface area contributed by atoms with Gasteiger partial charge in [0.15, 0.2) is 11.0 Å². The molecule has 35 heavy (non-hydrogen) atoms. The van der Waals surface area contributed by atoms with Crippen molar-refractivity contribution < 1.29 is 18.7 Å². The number of piperazine rings is 1. The summed E-state index contributed by atoms with van der Waals surface area (Å²) >= 11 is 5.97. The summed E-state index contributed by atoms with van der Waals surface area (Å²) < 4.78 is 26.6. The van der Waals surface area contributed by atoms with Gasteiger partial charge in [-0.3, -0.25) is 4.90 Å². The van der Waals surface area contributed by atoms with Crippen molar-refractivity contribution in [2.75, 3.05) is 50.8 Å². The van der Waals surface area contributed by atoms with Crippen LogP contribution in [-0.4, -0.2) is 87.9 Å². The van der Waals surface area contributed by atoms with E-state index in [2.05, 4.69) is 19.9 Å². The van der Waals surface area contributed by atoms with E-state index < -0.39 is 11.4 Å². The third-order valence-electron chi connectivity index (χ3n) is 7.11. The van der Waals surface area contributed by atoms with Crippen molar-refractivity contribution in [3.63, 3.8) is 0 Å². The number of ether oxygens (including phenoxy) is 2. The molecule has 0 aliphatic carbocycles. The van der Waals surface area contributed by atoms with Crippen molar-refractivity contribution >= 4 is 34.4 Å². The molecule has 0 unspecified atom stereocenters. The second-order valence-corrected chi connectivity index (χ2v) is 11.0. The normalized spacial score (nSPS) is 20.4. The van der Waals surface area contributed by atoms with Crippen LogP contribution >= 0.6 is 11.6 Å². The van der Waals surface area contributed by atoms with Gasteiger partial charge in [0, 0.05) is 32.4 Å². The summed E-state index contributed by atoms with van der Waals surface area (Å²) in [7, 11) is 0. The number of hydrogen-bond acceptors (Lipinski definition) is 8. The molecule has 3 aliphatic rings. The molecule has 11 heteroatoms. The monoisotopic (exact) mass is 506 g/mol. The van der Waals surface area contributed by atoms with E-state index in [1.165, 1.54) is 6.20 Å². The van der Waals surface area contributed by atoms with E-state index in [1.54, 1.807) is 4.90 Å². The molecule has 3 aliphatic heterocycles. The van der Waals surface area contributed by atoms with Crippen LogP contribution in [0.5, 0.6) is 6.01 Å². The number of anilines is 1. The van der Waals surface area contributed by atoms with Crippen LogP contribution in [0.2, 0.25) is 5.15 Å². The number of pyridine rings is 1. The number of halogens is 2. The standard InChI is InChI=1S/C24H32ClFN6O3/c1-23(2,3)35-22(33)31-12-10-30(11-13-31)20-16-14-27-19(25)17(26)18(16)28-21(29-20)34-15-24-6-4-8-32(24)9-5-7-24/h14H,4-13,15H2,1-3H3. The number of carbonyl (C=O) groups is 1. The minimum absolute atomic E-state index is 0.0198. The van der Waals surface area contributed by atoms with Gasteiger partial charge in [-0.15, -0.1) is 0 Å². The first-order valence-electron chi connectivity index (χ1n) is 12.3. The van der Waals surface area contributed by atoms with Gasteiger partial charge in [0.05, 0.1) is 10.9 Å². The molecular formula is C24H32ClFN6O3. The van der Waals surface area contributed by atoms with E-state index in [4.69, 9.17) is 21.1 Å². The third kappa shape index (κ3) is 4.82. The summed E-state index contributed by atoms with van der Waals surface area (Å²) in [6.07, 6.45) is 5.64. The minimum Gasteiger partial charge on any atom is -0.461 e. The Hall–Kier alpha value is -2.46. The largest absolute Gasteiger partial charge is 0.461 e. The number of rotatable bonds is 4. The molecule has 0 N–H and O–H groups in total. The Kier molecular flexibility index (Phi) is 6.37. The Bertz CT molecular complexity index is 1110. The van der Waals surface area contributed by atoms with Crippen molar-refractivity contribution in [2.45, 2.75) is 57.6 Å². The zero-order valence-electron chi connectivity index (χ0n) is 20.5. The van der Waals surface area contributed by atoms with Gasteiger partial charge in [0.2, 0.25) is 0 Å². The van der Waals surface area contributed by atoms with Gasteiger partial charge in [0.1, 0.15) is 23.5 Å². The Morgan fingerprint density at radius 1 is 1.11 bits per heavy atom. The third-order valence-corrected chi connectivity index (χ3v) is 7.38. The fourth-order valence-corrected chi connectivity index (χ4v) is 5.53. The molecule has 190 valence electrons. The first-order chi connectivity index (χ1) is 16.7. The minimum atomic E-state index is -0.688. The first-order valence-corrected chi connectivity index (χ1v) is 12.7. The second-order valence-electron chi connectivity index (χ2n) is 10.6. The topological polar surface area (TPSA) is 83.9 Å². The van der Waals surface area contributed by atoms with E-state index in [0.717, 1.165) is 38.8 Å². The summed E-state index contributed by atoms with van der Waals surface area (Å²) in [5.41, 5.74) is -0.447. The van der Waals surface area contributed by atoms with Gasteiger partial charge in [-0.05, 0) is 59.5 Å². The number of aromatic nitrogens is 3. The molecule has 0 radical (unpaired) electrons. The predicted molar refractivity (Wildman–Crippen MR) is 131 cm³/mol. The first kappa shape index (κ1) is 24.2. The van der Waals surface area contributed by atoms with E-state index in [9.17, 15) is 9.18 Å². The van der Waals surface area contributed by atoms with Crippen LogP contribution in [0.15, 0.2) is 6.20 Å². The highest BCUT2D eigenvalue weighted by Crippen LogP contribution is 2.39. The lowest BCUT2D eigenvalue weighted by atomic mass is 9.95. The SMILES string of the molecule is CC(C)(C)OC(=O)N1CCN(c2nc(OCC34CCCN3CCC4)nc3c(F)c(Cl)ncc23)CC1. The molecule has 9 nitrogen and oxygen atoms in total. The zero-order chi connectivity index (χ0) is 24.8. The van der Waals surface area contributed by atoms with Gasteiger partial charge in [-0.25, -0.2) is 14.2 Å². The quantitative estimate of drug-likeness (QED) is 0.578. The summed E-state index contributed by atoms with van der Waals surface area (Å²) in [6.45, 7) is 10.1. The molecule has 0 saturated carbocycles. The molecule has 0 atom stereocenters. The molecule has 3 fully saturated rings. The molecular weight excluding hydrogens is 475 g/mol. The van der Waals surface area contributed by atoms with Gasteiger partial charge in [-0.2, -0.15) is 9.97 Å². The average molecular weight is 507 g/mol. The van der Waals surface area contributed by atoms with Crippen LogP contribution in [0, 0.1) is 5.82 Å². The van der Waals surface area contributed by atoms with Gasteiger partial charge < -0.3 is 19.3 Å². The van der Waals surface area contributed by atoms with Crippen molar-refractivity contribution in [1.82, 2.24) is 24.8 Å².